The molecule has 0 saturated heterocycles. The Hall–Kier alpha value is -2.37. The molecule has 1 aliphatic rings. The van der Waals surface area contributed by atoms with Crippen molar-refractivity contribution in [2.75, 3.05) is 11.9 Å². The minimum Gasteiger partial charge on any atom is -0.481 e. The van der Waals surface area contributed by atoms with Gasteiger partial charge < -0.3 is 15.7 Å². The number of aliphatic carboxylic acids is 1. The zero-order chi connectivity index (χ0) is 15.9. The van der Waals surface area contributed by atoms with Crippen LogP contribution in [-0.2, 0) is 14.4 Å². The number of fused-ring (bicyclic) bond motifs is 1. The van der Waals surface area contributed by atoms with Crippen molar-refractivity contribution in [2.24, 2.45) is 0 Å². The Kier molecular flexibility index (Phi) is 5.52. The molecule has 2 rings (SSSR count). The fourth-order valence-electron chi connectivity index (χ4n) is 2.56. The zero-order valence-electron chi connectivity index (χ0n) is 12.3. The van der Waals surface area contributed by atoms with Gasteiger partial charge in [0.25, 0.3) is 0 Å². The van der Waals surface area contributed by atoms with Crippen LogP contribution >= 0.6 is 0 Å². The Morgan fingerprint density at radius 2 is 2.00 bits per heavy atom. The van der Waals surface area contributed by atoms with E-state index in [-0.39, 0.29) is 24.7 Å². The van der Waals surface area contributed by atoms with E-state index in [4.69, 9.17) is 5.11 Å². The molecule has 1 heterocycles. The van der Waals surface area contributed by atoms with Gasteiger partial charge in [0.05, 0.1) is 5.92 Å². The van der Waals surface area contributed by atoms with E-state index in [0.717, 1.165) is 18.4 Å². The van der Waals surface area contributed by atoms with Gasteiger partial charge in [-0.3, -0.25) is 14.4 Å². The van der Waals surface area contributed by atoms with Crippen molar-refractivity contribution in [1.29, 1.82) is 0 Å². The summed E-state index contributed by atoms with van der Waals surface area (Å²) < 4.78 is 0. The summed E-state index contributed by atoms with van der Waals surface area (Å²) in [6, 6.07) is 7.31. The van der Waals surface area contributed by atoms with Crippen molar-refractivity contribution in [3.05, 3.63) is 29.8 Å². The van der Waals surface area contributed by atoms with Crippen LogP contribution in [0.2, 0.25) is 0 Å². The van der Waals surface area contributed by atoms with Gasteiger partial charge >= 0.3 is 5.97 Å². The van der Waals surface area contributed by atoms with Crippen LogP contribution in [0.3, 0.4) is 0 Å². The van der Waals surface area contributed by atoms with Crippen LogP contribution in [0.25, 0.3) is 0 Å². The van der Waals surface area contributed by atoms with Crippen molar-refractivity contribution in [2.45, 2.75) is 38.0 Å². The first-order chi connectivity index (χ1) is 10.6. The molecule has 0 fully saturated rings. The quantitative estimate of drug-likeness (QED) is 0.670. The number of anilines is 1. The summed E-state index contributed by atoms with van der Waals surface area (Å²) in [7, 11) is 0. The summed E-state index contributed by atoms with van der Waals surface area (Å²) in [5.41, 5.74) is 1.53. The molecule has 0 aromatic heterocycles. The Morgan fingerprint density at radius 1 is 1.23 bits per heavy atom. The molecule has 6 nitrogen and oxygen atoms in total. The number of carbonyl (C=O) groups excluding carboxylic acids is 2. The molecule has 1 aromatic carbocycles. The number of rotatable bonds is 7. The summed E-state index contributed by atoms with van der Waals surface area (Å²) in [6.45, 7) is 0.499. The molecule has 1 aromatic rings. The zero-order valence-corrected chi connectivity index (χ0v) is 12.3. The van der Waals surface area contributed by atoms with Crippen LogP contribution < -0.4 is 10.6 Å². The van der Waals surface area contributed by atoms with Gasteiger partial charge in [0.1, 0.15) is 0 Å². The molecule has 1 atom stereocenters. The molecule has 1 unspecified atom stereocenters. The second-order valence-electron chi connectivity index (χ2n) is 5.39. The highest BCUT2D eigenvalue weighted by molar-refractivity contribution is 6.01. The number of carboxylic acid groups (broad SMARTS) is 1. The second kappa shape index (κ2) is 7.59. The Morgan fingerprint density at radius 3 is 2.77 bits per heavy atom. The summed E-state index contributed by atoms with van der Waals surface area (Å²) in [5.74, 6) is -1.56. The first kappa shape index (κ1) is 16.0. The lowest BCUT2D eigenvalue weighted by Crippen LogP contribution is -2.35. The second-order valence-corrected chi connectivity index (χ2v) is 5.39. The van der Waals surface area contributed by atoms with E-state index in [1.54, 1.807) is 6.07 Å². The van der Waals surface area contributed by atoms with E-state index in [1.165, 1.54) is 0 Å². The molecule has 3 N–H and O–H groups in total. The number of nitrogens with one attached hydrogen (secondary N) is 2. The SMILES string of the molecule is O=C(O)CCCCCNC(=O)C1CC(=O)Nc2ccccc21. The van der Waals surface area contributed by atoms with Crippen LogP contribution in [0.5, 0.6) is 0 Å². The third-order valence-corrected chi connectivity index (χ3v) is 3.68. The van der Waals surface area contributed by atoms with E-state index in [9.17, 15) is 14.4 Å². The third-order valence-electron chi connectivity index (χ3n) is 3.68. The summed E-state index contributed by atoms with van der Waals surface area (Å²) in [4.78, 5) is 34.3. The standard InChI is InChI=1S/C16H20N2O4/c19-14-10-12(11-6-3-4-7-13(11)18-14)16(22)17-9-5-1-2-8-15(20)21/h3-4,6-7,12H,1-2,5,8-10H2,(H,17,22)(H,18,19)(H,20,21). The summed E-state index contributed by atoms with van der Waals surface area (Å²) >= 11 is 0. The molecule has 0 aliphatic carbocycles. The maximum atomic E-state index is 12.3. The maximum absolute atomic E-state index is 12.3. The Balaban J connectivity index is 1.83. The first-order valence-corrected chi connectivity index (χ1v) is 7.46. The van der Waals surface area contributed by atoms with Crippen molar-refractivity contribution in [1.82, 2.24) is 5.32 Å². The third kappa shape index (κ3) is 4.31. The van der Waals surface area contributed by atoms with Gasteiger partial charge in [-0.25, -0.2) is 0 Å². The topological polar surface area (TPSA) is 95.5 Å². The molecule has 6 heteroatoms. The van der Waals surface area contributed by atoms with E-state index in [1.807, 2.05) is 18.2 Å². The molecule has 2 amide bonds. The molecule has 0 bridgehead atoms. The van der Waals surface area contributed by atoms with Crippen molar-refractivity contribution >= 4 is 23.5 Å². The number of carboxylic acids is 1. The van der Waals surface area contributed by atoms with Gasteiger partial charge in [0.15, 0.2) is 0 Å². The highest BCUT2D eigenvalue weighted by atomic mass is 16.4. The average molecular weight is 304 g/mol. The number of benzene rings is 1. The highest BCUT2D eigenvalue weighted by Crippen LogP contribution is 2.31. The molecular weight excluding hydrogens is 284 g/mol. The molecule has 1 aliphatic heterocycles. The molecule has 22 heavy (non-hydrogen) atoms. The van der Waals surface area contributed by atoms with Crippen LogP contribution in [0.1, 0.15) is 43.6 Å². The number of carbonyl (C=O) groups is 3. The van der Waals surface area contributed by atoms with E-state index in [2.05, 4.69) is 10.6 Å². The van der Waals surface area contributed by atoms with Crippen molar-refractivity contribution in [3.63, 3.8) is 0 Å². The first-order valence-electron chi connectivity index (χ1n) is 7.46. The van der Waals surface area contributed by atoms with Gasteiger partial charge in [0, 0.05) is 25.1 Å². The van der Waals surface area contributed by atoms with E-state index in [0.29, 0.717) is 18.7 Å². The number of para-hydroxylation sites is 1. The van der Waals surface area contributed by atoms with Gasteiger partial charge in [-0.1, -0.05) is 24.6 Å². The van der Waals surface area contributed by atoms with Crippen LogP contribution in [-0.4, -0.2) is 29.4 Å². The predicted molar refractivity (Wildman–Crippen MR) is 81.5 cm³/mol. The summed E-state index contributed by atoms with van der Waals surface area (Å²) in [6.07, 6.45) is 2.42. The maximum Gasteiger partial charge on any atom is 0.303 e. The van der Waals surface area contributed by atoms with Crippen molar-refractivity contribution < 1.29 is 19.5 Å². The average Bonchev–Trinajstić information content (AvgIpc) is 2.49. The van der Waals surface area contributed by atoms with Crippen LogP contribution in [0, 0.1) is 0 Å². The molecule has 118 valence electrons. The lowest BCUT2D eigenvalue weighted by molar-refractivity contribution is -0.137. The molecule has 0 spiro atoms. The van der Waals surface area contributed by atoms with E-state index >= 15 is 0 Å². The number of unbranched alkanes of at least 4 members (excludes halogenated alkanes) is 2. The van der Waals surface area contributed by atoms with Gasteiger partial charge in [-0.15, -0.1) is 0 Å². The van der Waals surface area contributed by atoms with Crippen LogP contribution in [0.15, 0.2) is 24.3 Å². The van der Waals surface area contributed by atoms with Gasteiger partial charge in [-0.2, -0.15) is 0 Å². The molecule has 0 saturated carbocycles. The predicted octanol–water partition coefficient (Wildman–Crippen LogP) is 1.87. The van der Waals surface area contributed by atoms with Gasteiger partial charge in [-0.05, 0) is 24.5 Å². The fourth-order valence-corrected chi connectivity index (χ4v) is 2.56. The minimum absolute atomic E-state index is 0.152. The Bertz CT molecular complexity index is 571. The lowest BCUT2D eigenvalue weighted by Gasteiger charge is -2.24. The minimum atomic E-state index is -0.797. The number of hydrogen-bond donors (Lipinski definition) is 3. The van der Waals surface area contributed by atoms with Gasteiger partial charge in [0.2, 0.25) is 11.8 Å². The van der Waals surface area contributed by atoms with E-state index < -0.39 is 11.9 Å². The molecular formula is C16H20N2O4. The smallest absolute Gasteiger partial charge is 0.303 e. The molecule has 0 radical (unpaired) electrons. The number of hydrogen-bond acceptors (Lipinski definition) is 3. The lowest BCUT2D eigenvalue weighted by atomic mass is 9.90. The Labute approximate surface area is 128 Å². The van der Waals surface area contributed by atoms with Crippen LogP contribution in [0.4, 0.5) is 5.69 Å². The van der Waals surface area contributed by atoms with Crippen molar-refractivity contribution in [3.8, 4) is 0 Å². The summed E-state index contributed by atoms with van der Waals surface area (Å²) in [5, 5.41) is 14.1. The number of amides is 2. The highest BCUT2D eigenvalue weighted by Gasteiger charge is 2.29. The normalized spacial score (nSPS) is 16.5. The largest absolute Gasteiger partial charge is 0.481 e. The monoisotopic (exact) mass is 304 g/mol. The fraction of sp³-hybridized carbons (Fsp3) is 0.438.